The van der Waals surface area contributed by atoms with Crippen molar-refractivity contribution in [1.82, 2.24) is 5.32 Å². The van der Waals surface area contributed by atoms with Gasteiger partial charge in [-0.1, -0.05) is 96.8 Å². The van der Waals surface area contributed by atoms with E-state index in [0.29, 0.717) is 18.4 Å². The zero-order chi connectivity index (χ0) is 20.1. The normalized spacial score (nSPS) is 26.1. The molecule has 3 atom stereocenters. The van der Waals surface area contributed by atoms with Crippen molar-refractivity contribution >= 4 is 5.97 Å². The highest BCUT2D eigenvalue weighted by atomic mass is 16.6. The first-order chi connectivity index (χ1) is 13.6. The fraction of sp³-hybridized carbons (Fsp3) is 0.960. The monoisotopic (exact) mass is 393 g/mol. The summed E-state index contributed by atoms with van der Waals surface area (Å²) in [6.07, 6.45) is 23.2. The molecule has 28 heavy (non-hydrogen) atoms. The summed E-state index contributed by atoms with van der Waals surface area (Å²) in [4.78, 5) is 12.2. The summed E-state index contributed by atoms with van der Waals surface area (Å²) in [5.41, 5.74) is -0.192. The molecule has 164 valence electrons. The molecule has 0 aromatic carbocycles. The summed E-state index contributed by atoms with van der Waals surface area (Å²) in [7, 11) is 0. The van der Waals surface area contributed by atoms with Crippen LogP contribution in [-0.4, -0.2) is 24.2 Å². The lowest BCUT2D eigenvalue weighted by Crippen LogP contribution is -2.44. The molecule has 0 aromatic heterocycles. The maximum atomic E-state index is 12.2. The molecule has 3 heteroatoms. The van der Waals surface area contributed by atoms with E-state index in [-0.39, 0.29) is 11.6 Å². The van der Waals surface area contributed by atoms with Crippen molar-refractivity contribution in [2.24, 2.45) is 5.92 Å². The number of rotatable bonds is 17. The SMILES string of the molecule is CCCCCCCCCCCCCCCCCC(=O)OC1(C)CC2CC1CN2. The number of ether oxygens (including phenoxy) is 1. The Morgan fingerprint density at radius 1 is 0.857 bits per heavy atom. The molecule has 0 amide bonds. The Balaban J connectivity index is 1.31. The number of nitrogens with one attached hydrogen (secondary N) is 1. The van der Waals surface area contributed by atoms with E-state index in [0.717, 1.165) is 19.4 Å². The van der Waals surface area contributed by atoms with E-state index in [1.165, 1.54) is 96.3 Å². The Hall–Kier alpha value is -0.570. The summed E-state index contributed by atoms with van der Waals surface area (Å²) < 4.78 is 5.87. The number of esters is 1. The molecular weight excluding hydrogens is 346 g/mol. The predicted molar refractivity (Wildman–Crippen MR) is 119 cm³/mol. The van der Waals surface area contributed by atoms with Crippen molar-refractivity contribution in [1.29, 1.82) is 0 Å². The third-order valence-electron chi connectivity index (χ3n) is 7.07. The molecule has 1 saturated carbocycles. The van der Waals surface area contributed by atoms with Gasteiger partial charge in [-0.25, -0.2) is 0 Å². The molecule has 0 radical (unpaired) electrons. The van der Waals surface area contributed by atoms with Crippen LogP contribution in [0.25, 0.3) is 0 Å². The second kappa shape index (κ2) is 13.6. The van der Waals surface area contributed by atoms with Gasteiger partial charge in [0.25, 0.3) is 0 Å². The molecule has 1 saturated heterocycles. The molecule has 3 nitrogen and oxygen atoms in total. The van der Waals surface area contributed by atoms with Gasteiger partial charge < -0.3 is 10.1 Å². The zero-order valence-electron chi connectivity index (χ0n) is 18.9. The Morgan fingerprint density at radius 2 is 1.36 bits per heavy atom. The third-order valence-corrected chi connectivity index (χ3v) is 7.07. The van der Waals surface area contributed by atoms with Crippen molar-refractivity contribution < 1.29 is 9.53 Å². The summed E-state index contributed by atoms with van der Waals surface area (Å²) in [5, 5.41) is 3.49. The van der Waals surface area contributed by atoms with Gasteiger partial charge in [-0.3, -0.25) is 4.79 Å². The van der Waals surface area contributed by atoms with E-state index < -0.39 is 0 Å². The molecule has 1 aliphatic heterocycles. The molecule has 1 N–H and O–H groups in total. The maximum Gasteiger partial charge on any atom is 0.306 e. The highest BCUT2D eigenvalue weighted by Crippen LogP contribution is 2.42. The first kappa shape index (κ1) is 23.7. The van der Waals surface area contributed by atoms with Crippen LogP contribution in [0.5, 0.6) is 0 Å². The lowest BCUT2D eigenvalue weighted by molar-refractivity contribution is -0.162. The highest BCUT2D eigenvalue weighted by Gasteiger charge is 2.50. The van der Waals surface area contributed by atoms with Crippen LogP contribution in [0.3, 0.4) is 0 Å². The summed E-state index contributed by atoms with van der Waals surface area (Å²) in [6.45, 7) is 5.45. The van der Waals surface area contributed by atoms with Crippen molar-refractivity contribution in [3.63, 3.8) is 0 Å². The van der Waals surface area contributed by atoms with Crippen LogP contribution >= 0.6 is 0 Å². The van der Waals surface area contributed by atoms with Gasteiger partial charge >= 0.3 is 5.97 Å². The lowest BCUT2D eigenvalue weighted by atomic mass is 9.91. The van der Waals surface area contributed by atoms with E-state index in [4.69, 9.17) is 4.74 Å². The van der Waals surface area contributed by atoms with Crippen LogP contribution in [-0.2, 0) is 9.53 Å². The second-order valence-corrected chi connectivity index (χ2v) is 9.73. The minimum atomic E-state index is -0.192. The number of unbranched alkanes of at least 4 members (excludes halogenated alkanes) is 14. The Morgan fingerprint density at radius 3 is 1.79 bits per heavy atom. The summed E-state index contributed by atoms with van der Waals surface area (Å²) in [5.74, 6) is 0.562. The molecule has 1 heterocycles. The number of hydrogen-bond acceptors (Lipinski definition) is 3. The van der Waals surface area contributed by atoms with Crippen LogP contribution in [0, 0.1) is 5.92 Å². The number of fused-ring (bicyclic) bond motifs is 2. The molecule has 0 aromatic rings. The van der Waals surface area contributed by atoms with Crippen LogP contribution < -0.4 is 5.32 Å². The number of carbonyl (C=O) groups is 1. The molecule has 2 bridgehead atoms. The van der Waals surface area contributed by atoms with Gasteiger partial charge in [-0.05, 0) is 19.8 Å². The van der Waals surface area contributed by atoms with E-state index in [2.05, 4.69) is 19.2 Å². The fourth-order valence-corrected chi connectivity index (χ4v) is 5.17. The van der Waals surface area contributed by atoms with E-state index in [9.17, 15) is 4.79 Å². The lowest BCUT2D eigenvalue weighted by Gasteiger charge is -2.33. The van der Waals surface area contributed by atoms with Crippen molar-refractivity contribution in [2.75, 3.05) is 6.54 Å². The fourth-order valence-electron chi connectivity index (χ4n) is 5.17. The number of carbonyl (C=O) groups excluding carboxylic acids is 1. The molecule has 2 rings (SSSR count). The van der Waals surface area contributed by atoms with E-state index >= 15 is 0 Å². The number of hydrogen-bond donors (Lipinski definition) is 1. The van der Waals surface area contributed by atoms with Crippen LogP contribution in [0.2, 0.25) is 0 Å². The largest absolute Gasteiger partial charge is 0.459 e. The smallest absolute Gasteiger partial charge is 0.306 e. The van der Waals surface area contributed by atoms with Gasteiger partial charge in [0.1, 0.15) is 5.60 Å². The van der Waals surface area contributed by atoms with Crippen LogP contribution in [0.15, 0.2) is 0 Å². The average Bonchev–Trinajstić information content (AvgIpc) is 3.25. The van der Waals surface area contributed by atoms with Crippen molar-refractivity contribution in [3.05, 3.63) is 0 Å². The molecular formula is C25H47NO2. The van der Waals surface area contributed by atoms with Gasteiger partial charge in [0.15, 0.2) is 0 Å². The minimum Gasteiger partial charge on any atom is -0.459 e. The Bertz CT molecular complexity index is 425. The van der Waals surface area contributed by atoms with Crippen molar-refractivity contribution in [2.45, 2.75) is 141 Å². The molecule has 2 aliphatic rings. The summed E-state index contributed by atoms with van der Waals surface area (Å²) >= 11 is 0. The topological polar surface area (TPSA) is 38.3 Å². The maximum absolute atomic E-state index is 12.2. The van der Waals surface area contributed by atoms with Crippen molar-refractivity contribution in [3.8, 4) is 0 Å². The number of piperidine rings is 1. The summed E-state index contributed by atoms with van der Waals surface area (Å²) in [6, 6.07) is 0.577. The quantitative estimate of drug-likeness (QED) is 0.215. The second-order valence-electron chi connectivity index (χ2n) is 9.73. The van der Waals surface area contributed by atoms with Gasteiger partial charge in [0, 0.05) is 31.3 Å². The molecule has 0 spiro atoms. The van der Waals surface area contributed by atoms with Gasteiger partial charge in [0.2, 0.25) is 0 Å². The van der Waals surface area contributed by atoms with Gasteiger partial charge in [-0.15, -0.1) is 0 Å². The van der Waals surface area contributed by atoms with Crippen LogP contribution in [0.4, 0.5) is 0 Å². The third kappa shape index (κ3) is 8.84. The zero-order valence-corrected chi connectivity index (χ0v) is 18.9. The first-order valence-electron chi connectivity index (χ1n) is 12.6. The van der Waals surface area contributed by atoms with Gasteiger partial charge in [0.05, 0.1) is 0 Å². The minimum absolute atomic E-state index is 0.0322. The average molecular weight is 394 g/mol. The Labute approximate surface area is 174 Å². The highest BCUT2D eigenvalue weighted by molar-refractivity contribution is 5.70. The van der Waals surface area contributed by atoms with E-state index in [1.807, 2.05) is 0 Å². The predicted octanol–water partition coefficient (Wildman–Crippen LogP) is 6.93. The Kier molecular flexibility index (Phi) is 11.5. The standard InChI is InChI=1S/C25H47NO2/c1-3-4-5-6-7-8-9-10-11-12-13-14-15-16-17-18-24(27)28-25(2)20-23-19-22(25)21-26-23/h22-23,26H,3-21H2,1-2H3. The molecule has 2 fully saturated rings. The van der Waals surface area contributed by atoms with Gasteiger partial charge in [-0.2, -0.15) is 0 Å². The molecule has 3 unspecified atom stereocenters. The first-order valence-corrected chi connectivity index (χ1v) is 12.6. The van der Waals surface area contributed by atoms with E-state index in [1.54, 1.807) is 0 Å². The molecule has 1 aliphatic carbocycles. The van der Waals surface area contributed by atoms with Crippen LogP contribution in [0.1, 0.15) is 129 Å².